The monoisotopic (exact) mass is 274 g/mol. The lowest BCUT2D eigenvalue weighted by Crippen LogP contribution is -2.29. The molecule has 0 radical (unpaired) electrons. The number of hydrogen-bond acceptors (Lipinski definition) is 4. The van der Waals surface area contributed by atoms with Gasteiger partial charge in [-0.3, -0.25) is 19.2 Å². The van der Waals surface area contributed by atoms with Crippen molar-refractivity contribution in [2.45, 2.75) is 13.5 Å². The van der Waals surface area contributed by atoms with E-state index in [4.69, 9.17) is 0 Å². The molecular weight excluding hydrogens is 263 g/mol. The first-order valence-electron chi connectivity index (χ1n) is 5.99. The molecule has 0 saturated heterocycles. The number of carbonyl (C=O) groups is 2. The maximum atomic E-state index is 13.4. The maximum absolute atomic E-state index is 13.4. The van der Waals surface area contributed by atoms with Gasteiger partial charge in [-0.2, -0.15) is 0 Å². The van der Waals surface area contributed by atoms with Crippen molar-refractivity contribution in [3.8, 4) is 0 Å². The lowest BCUT2D eigenvalue weighted by Gasteiger charge is -2.16. The van der Waals surface area contributed by atoms with Gasteiger partial charge in [0, 0.05) is 13.2 Å². The van der Waals surface area contributed by atoms with Crippen molar-refractivity contribution in [1.29, 1.82) is 0 Å². The van der Waals surface area contributed by atoms with Crippen LogP contribution in [0.3, 0.4) is 0 Å². The zero-order valence-corrected chi connectivity index (χ0v) is 10.9. The Balaban J connectivity index is 2.06. The Hall–Kier alpha value is -2.57. The van der Waals surface area contributed by atoms with Crippen LogP contribution in [0.4, 0.5) is 10.1 Å². The van der Waals surface area contributed by atoms with E-state index in [1.54, 1.807) is 20.2 Å². The molecule has 0 bridgehead atoms. The molecule has 0 unspecified atom stereocenters. The molecule has 0 aliphatic carbocycles. The van der Waals surface area contributed by atoms with E-state index in [1.165, 1.54) is 15.6 Å². The maximum Gasteiger partial charge on any atom is 0.299 e. The highest BCUT2D eigenvalue weighted by Crippen LogP contribution is 2.34. The summed E-state index contributed by atoms with van der Waals surface area (Å²) in [6, 6.07) is 2.40. The van der Waals surface area contributed by atoms with Gasteiger partial charge in [-0.15, -0.1) is 5.10 Å². The molecule has 3 rings (SSSR count). The fourth-order valence-electron chi connectivity index (χ4n) is 2.39. The molecule has 20 heavy (non-hydrogen) atoms. The first kappa shape index (κ1) is 12.5. The van der Waals surface area contributed by atoms with Crippen molar-refractivity contribution in [2.75, 3.05) is 4.90 Å². The quantitative estimate of drug-likeness (QED) is 0.766. The van der Waals surface area contributed by atoms with Crippen molar-refractivity contribution >= 4 is 17.4 Å². The van der Waals surface area contributed by atoms with E-state index in [2.05, 4.69) is 10.3 Å². The van der Waals surface area contributed by atoms with Gasteiger partial charge in [-0.1, -0.05) is 5.21 Å². The number of ketones is 1. The Labute approximate surface area is 113 Å². The summed E-state index contributed by atoms with van der Waals surface area (Å²) < 4.78 is 14.9. The number of nitrogens with zero attached hydrogens (tertiary/aromatic N) is 4. The third-order valence-corrected chi connectivity index (χ3v) is 3.19. The van der Waals surface area contributed by atoms with Crippen molar-refractivity contribution in [2.24, 2.45) is 7.05 Å². The molecule has 0 N–H and O–H groups in total. The third kappa shape index (κ3) is 1.78. The van der Waals surface area contributed by atoms with E-state index < -0.39 is 17.5 Å². The molecule has 1 aliphatic heterocycles. The molecule has 1 amide bonds. The highest BCUT2D eigenvalue weighted by Gasteiger charge is 2.37. The van der Waals surface area contributed by atoms with Crippen LogP contribution in [-0.2, 0) is 18.4 Å². The molecule has 6 nitrogen and oxygen atoms in total. The largest absolute Gasteiger partial charge is 0.299 e. The summed E-state index contributed by atoms with van der Waals surface area (Å²) in [6.07, 6.45) is 1.66. The van der Waals surface area contributed by atoms with Gasteiger partial charge < -0.3 is 0 Å². The van der Waals surface area contributed by atoms with Crippen LogP contribution in [0.1, 0.15) is 21.6 Å². The summed E-state index contributed by atoms with van der Waals surface area (Å²) >= 11 is 0. The molecule has 102 valence electrons. The zero-order chi connectivity index (χ0) is 14.4. The van der Waals surface area contributed by atoms with Crippen LogP contribution in [0, 0.1) is 12.7 Å². The molecule has 1 aliphatic rings. The Morgan fingerprint density at radius 2 is 2.05 bits per heavy atom. The van der Waals surface area contributed by atoms with Gasteiger partial charge in [-0.25, -0.2) is 4.39 Å². The number of aryl methyl sites for hydroxylation is 2. The molecule has 7 heteroatoms. The number of aromatic nitrogens is 3. The molecule has 0 fully saturated rings. The second-order valence-corrected chi connectivity index (χ2v) is 4.72. The van der Waals surface area contributed by atoms with Crippen molar-refractivity contribution in [1.82, 2.24) is 15.0 Å². The second kappa shape index (κ2) is 4.22. The first-order valence-corrected chi connectivity index (χ1v) is 5.99. The van der Waals surface area contributed by atoms with Crippen molar-refractivity contribution in [3.05, 3.63) is 41.0 Å². The van der Waals surface area contributed by atoms with Gasteiger partial charge in [0.1, 0.15) is 11.5 Å². The second-order valence-electron chi connectivity index (χ2n) is 4.72. The van der Waals surface area contributed by atoms with E-state index >= 15 is 0 Å². The minimum absolute atomic E-state index is 0.108. The predicted octanol–water partition coefficient (Wildman–Crippen LogP) is 0.992. The first-order chi connectivity index (χ1) is 9.47. The number of halogens is 1. The summed E-state index contributed by atoms with van der Waals surface area (Å²) in [5.41, 5.74) is 1.66. The smallest absolute Gasteiger partial charge is 0.298 e. The molecule has 0 atom stereocenters. The number of hydrogen-bond donors (Lipinski definition) is 0. The number of rotatable bonds is 2. The summed E-state index contributed by atoms with van der Waals surface area (Å²) in [7, 11) is 1.71. The van der Waals surface area contributed by atoms with Gasteiger partial charge >= 0.3 is 0 Å². The highest BCUT2D eigenvalue weighted by molar-refractivity contribution is 6.52. The van der Waals surface area contributed by atoms with Crippen LogP contribution in [-0.4, -0.2) is 26.7 Å². The topological polar surface area (TPSA) is 68.1 Å². The summed E-state index contributed by atoms with van der Waals surface area (Å²) in [5.74, 6) is -1.88. The van der Waals surface area contributed by atoms with E-state index in [0.717, 1.165) is 6.07 Å². The Morgan fingerprint density at radius 3 is 2.70 bits per heavy atom. The average Bonchev–Trinajstić information content (AvgIpc) is 2.88. The summed E-state index contributed by atoms with van der Waals surface area (Å²) in [4.78, 5) is 25.3. The van der Waals surface area contributed by atoms with Gasteiger partial charge in [0.15, 0.2) is 0 Å². The summed E-state index contributed by atoms with van der Waals surface area (Å²) in [5, 5.41) is 7.67. The molecule has 2 aromatic rings. The number of fused-ring (bicyclic) bond motifs is 1. The van der Waals surface area contributed by atoms with Crippen LogP contribution < -0.4 is 4.90 Å². The molecular formula is C13H11FN4O2. The third-order valence-electron chi connectivity index (χ3n) is 3.19. The van der Waals surface area contributed by atoms with Crippen LogP contribution >= 0.6 is 0 Å². The number of carbonyl (C=O) groups excluding carboxylic acids is 2. The lowest BCUT2D eigenvalue weighted by atomic mass is 10.1. The number of anilines is 1. The molecule has 2 heterocycles. The molecule has 0 saturated carbocycles. The minimum Gasteiger partial charge on any atom is -0.298 e. The SMILES string of the molecule is Cc1cc(F)cc2c1N(Cc1cn(C)nn1)C(=O)C2=O. The minimum atomic E-state index is -0.688. The highest BCUT2D eigenvalue weighted by atomic mass is 19.1. The van der Waals surface area contributed by atoms with Crippen LogP contribution in [0.2, 0.25) is 0 Å². The van der Waals surface area contributed by atoms with Crippen molar-refractivity contribution in [3.63, 3.8) is 0 Å². The van der Waals surface area contributed by atoms with E-state index in [9.17, 15) is 14.0 Å². The number of Topliss-reactive ketones (excluding diaryl/α,β-unsaturated/α-hetero) is 1. The molecule has 1 aromatic heterocycles. The van der Waals surface area contributed by atoms with E-state index in [-0.39, 0.29) is 12.1 Å². The fraction of sp³-hybridized carbons (Fsp3) is 0.231. The normalized spacial score (nSPS) is 14.1. The lowest BCUT2D eigenvalue weighted by molar-refractivity contribution is -0.114. The average molecular weight is 274 g/mol. The fourth-order valence-corrected chi connectivity index (χ4v) is 2.39. The van der Waals surface area contributed by atoms with Gasteiger partial charge in [0.05, 0.1) is 17.8 Å². The molecule has 1 aromatic carbocycles. The van der Waals surface area contributed by atoms with Gasteiger partial charge in [0.2, 0.25) is 0 Å². The predicted molar refractivity (Wildman–Crippen MR) is 67.7 cm³/mol. The van der Waals surface area contributed by atoms with E-state index in [0.29, 0.717) is 16.9 Å². The Bertz CT molecular complexity index is 738. The number of amides is 1. The Kier molecular flexibility index (Phi) is 2.63. The van der Waals surface area contributed by atoms with Crippen LogP contribution in [0.25, 0.3) is 0 Å². The number of benzene rings is 1. The van der Waals surface area contributed by atoms with Crippen LogP contribution in [0.5, 0.6) is 0 Å². The van der Waals surface area contributed by atoms with E-state index in [1.807, 2.05) is 0 Å². The van der Waals surface area contributed by atoms with Crippen molar-refractivity contribution < 1.29 is 14.0 Å². The van der Waals surface area contributed by atoms with Gasteiger partial charge in [-0.05, 0) is 24.6 Å². The standard InChI is InChI=1S/C13H11FN4O2/c1-7-3-8(14)4-10-11(7)18(13(20)12(10)19)6-9-5-17(2)16-15-9/h3-5H,6H2,1-2H3. The van der Waals surface area contributed by atoms with Crippen LogP contribution in [0.15, 0.2) is 18.3 Å². The van der Waals surface area contributed by atoms with Gasteiger partial charge in [0.25, 0.3) is 11.7 Å². The molecule has 0 spiro atoms. The summed E-state index contributed by atoms with van der Waals surface area (Å²) in [6.45, 7) is 1.80. The zero-order valence-electron chi connectivity index (χ0n) is 10.9. The Morgan fingerprint density at radius 1 is 1.30 bits per heavy atom.